The summed E-state index contributed by atoms with van der Waals surface area (Å²) in [6.45, 7) is 0. The first-order valence-electron chi connectivity index (χ1n) is 6.02. The first kappa shape index (κ1) is 20.8. The average Bonchev–Trinajstić information content (AvgIpc) is 2.30. The van der Waals surface area contributed by atoms with Gasteiger partial charge in [-0.25, -0.2) is 0 Å². The van der Waals surface area contributed by atoms with Crippen molar-refractivity contribution in [1.82, 2.24) is 0 Å². The van der Waals surface area contributed by atoms with Crippen LogP contribution in [-0.4, -0.2) is 30.1 Å². The summed E-state index contributed by atoms with van der Waals surface area (Å²) in [6, 6.07) is -0.648. The van der Waals surface area contributed by atoms with Crippen molar-refractivity contribution in [1.29, 1.82) is 0 Å². The summed E-state index contributed by atoms with van der Waals surface area (Å²) in [4.78, 5) is 19.6. The predicted molar refractivity (Wildman–Crippen MR) is 61.6 cm³/mol. The standard InChI is InChI=1S/C6H14N2.C5H9NO4.Pt/c7-5-3-1-2-4-6(5)8;6-3(5(9)10)1-2-4(7)8;/h5-6H,1-4,7-8H2;3H,1-2,6H2,(H,7,8)(H,9,10);/q;;+2/p-2. The number of rotatable bonds is 4. The molecule has 3 atom stereocenters. The smallest absolute Gasteiger partial charge is 0.550 e. The van der Waals surface area contributed by atoms with Crippen LogP contribution >= 0.6 is 0 Å². The number of carbonyl (C=O) groups is 2. The number of aliphatic carboxylic acids is 2. The molecule has 1 aliphatic rings. The van der Waals surface area contributed by atoms with Gasteiger partial charge in [-0.15, -0.1) is 0 Å². The fourth-order valence-corrected chi connectivity index (χ4v) is 1.58. The average molecular weight is 454 g/mol. The van der Waals surface area contributed by atoms with Gasteiger partial charge in [0.15, 0.2) is 0 Å². The summed E-state index contributed by atoms with van der Waals surface area (Å²) in [6.07, 6.45) is 4.30. The topological polar surface area (TPSA) is 158 Å². The third-order valence-corrected chi connectivity index (χ3v) is 2.84. The number of carboxylic acid groups (broad SMARTS) is 2. The minimum absolute atomic E-state index is 0. The van der Waals surface area contributed by atoms with Crippen molar-refractivity contribution in [3.8, 4) is 0 Å². The molecule has 0 aliphatic heterocycles. The number of hydrogen-bond donors (Lipinski definition) is 3. The Balaban J connectivity index is 0. The van der Waals surface area contributed by atoms with Crippen LogP contribution in [0.4, 0.5) is 0 Å². The zero-order chi connectivity index (χ0) is 14.1. The van der Waals surface area contributed by atoms with Crippen molar-refractivity contribution in [3.05, 3.63) is 0 Å². The zero-order valence-electron chi connectivity index (χ0n) is 10.7. The van der Waals surface area contributed by atoms with Crippen LogP contribution in [0.3, 0.4) is 0 Å². The van der Waals surface area contributed by atoms with Crippen LogP contribution in [0.25, 0.3) is 0 Å². The second kappa shape index (κ2) is 11.3. The van der Waals surface area contributed by atoms with Gasteiger partial charge in [-0.05, 0) is 25.7 Å². The quantitative estimate of drug-likeness (QED) is 0.404. The van der Waals surface area contributed by atoms with Gasteiger partial charge in [-0.2, -0.15) is 0 Å². The number of carbonyl (C=O) groups excluding carboxylic acids is 2. The van der Waals surface area contributed by atoms with Crippen LogP contribution in [0, 0.1) is 0 Å². The molecule has 7 nitrogen and oxygen atoms in total. The first-order chi connectivity index (χ1) is 8.34. The molecule has 3 unspecified atom stereocenters. The van der Waals surface area contributed by atoms with E-state index in [-0.39, 0.29) is 46.0 Å². The van der Waals surface area contributed by atoms with E-state index in [1.807, 2.05) is 0 Å². The first-order valence-corrected chi connectivity index (χ1v) is 6.02. The fourth-order valence-electron chi connectivity index (χ4n) is 1.58. The van der Waals surface area contributed by atoms with Gasteiger partial charge in [0, 0.05) is 24.1 Å². The van der Waals surface area contributed by atoms with Crippen LogP contribution in [0.5, 0.6) is 0 Å². The molecule has 6 N–H and O–H groups in total. The summed E-state index contributed by atoms with van der Waals surface area (Å²) >= 11 is 0. The molecule has 0 aromatic heterocycles. The molecule has 0 amide bonds. The van der Waals surface area contributed by atoms with Crippen molar-refractivity contribution in [2.45, 2.75) is 56.7 Å². The third kappa shape index (κ3) is 11.1. The maximum absolute atomic E-state index is 9.86. The molecule has 1 saturated carbocycles. The van der Waals surface area contributed by atoms with Gasteiger partial charge >= 0.3 is 21.1 Å². The Morgan fingerprint density at radius 3 is 1.79 bits per heavy atom. The van der Waals surface area contributed by atoms with Gasteiger partial charge in [-0.3, -0.25) is 0 Å². The van der Waals surface area contributed by atoms with Crippen LogP contribution in [0.1, 0.15) is 38.5 Å². The van der Waals surface area contributed by atoms with E-state index < -0.39 is 18.0 Å². The Kier molecular flexibility index (Phi) is 12.4. The Morgan fingerprint density at radius 2 is 1.53 bits per heavy atom. The Labute approximate surface area is 127 Å². The van der Waals surface area contributed by atoms with E-state index in [2.05, 4.69) is 0 Å². The van der Waals surface area contributed by atoms with Crippen molar-refractivity contribution in [2.75, 3.05) is 0 Å². The van der Waals surface area contributed by atoms with Crippen molar-refractivity contribution in [2.24, 2.45) is 17.2 Å². The molecule has 8 heteroatoms. The van der Waals surface area contributed by atoms with Gasteiger partial charge in [0.25, 0.3) is 0 Å². The molecule has 0 aromatic carbocycles. The minimum Gasteiger partial charge on any atom is -0.550 e. The molecule has 0 radical (unpaired) electrons. The van der Waals surface area contributed by atoms with E-state index in [4.69, 9.17) is 17.2 Å². The number of carboxylic acids is 2. The normalized spacial score (nSPS) is 23.3. The van der Waals surface area contributed by atoms with Crippen molar-refractivity contribution < 1.29 is 40.9 Å². The van der Waals surface area contributed by atoms with E-state index in [0.717, 1.165) is 12.8 Å². The van der Waals surface area contributed by atoms with E-state index in [1.54, 1.807) is 0 Å². The molecular formula is C11H21N3O4Pt. The molecule has 1 rings (SSSR count). The second-order valence-corrected chi connectivity index (χ2v) is 4.45. The van der Waals surface area contributed by atoms with Crippen molar-refractivity contribution >= 4 is 11.9 Å². The predicted octanol–water partition coefficient (Wildman–Crippen LogP) is -3.19. The van der Waals surface area contributed by atoms with Gasteiger partial charge in [0.1, 0.15) is 0 Å². The van der Waals surface area contributed by atoms with Gasteiger partial charge in [0.05, 0.1) is 5.97 Å². The van der Waals surface area contributed by atoms with E-state index in [9.17, 15) is 19.8 Å². The van der Waals surface area contributed by atoms with Crippen LogP contribution in [-0.2, 0) is 30.7 Å². The largest absolute Gasteiger partial charge is 2.00 e. The summed E-state index contributed by atoms with van der Waals surface area (Å²) in [5.74, 6) is -2.75. The maximum atomic E-state index is 9.86. The fraction of sp³-hybridized carbons (Fsp3) is 0.818. The molecule has 19 heavy (non-hydrogen) atoms. The minimum atomic E-state index is -1.44. The van der Waals surface area contributed by atoms with Crippen LogP contribution < -0.4 is 27.4 Å². The SMILES string of the molecule is NC(CCC(=O)[O-])C(=O)[O-].NC1CCCCC1N.[Pt+2]. The molecule has 0 heterocycles. The number of hydrogen-bond acceptors (Lipinski definition) is 7. The van der Waals surface area contributed by atoms with Gasteiger partial charge in [-0.1, -0.05) is 12.8 Å². The second-order valence-electron chi connectivity index (χ2n) is 4.45. The van der Waals surface area contributed by atoms with E-state index >= 15 is 0 Å². The molecule has 0 bridgehead atoms. The van der Waals surface area contributed by atoms with Gasteiger partial charge < -0.3 is 37.0 Å². The van der Waals surface area contributed by atoms with E-state index in [0.29, 0.717) is 0 Å². The molecule has 0 aromatic rings. The number of nitrogens with two attached hydrogens (primary N) is 3. The van der Waals surface area contributed by atoms with Crippen molar-refractivity contribution in [3.63, 3.8) is 0 Å². The third-order valence-electron chi connectivity index (χ3n) is 2.84. The van der Waals surface area contributed by atoms with E-state index in [1.165, 1.54) is 12.8 Å². The Hall–Kier alpha value is -0.492. The molecule has 1 aliphatic carbocycles. The molecule has 0 saturated heterocycles. The van der Waals surface area contributed by atoms with Crippen LogP contribution in [0.15, 0.2) is 0 Å². The summed E-state index contributed by atoms with van der Waals surface area (Å²) in [7, 11) is 0. The molecule has 114 valence electrons. The summed E-state index contributed by atoms with van der Waals surface area (Å²) < 4.78 is 0. The Morgan fingerprint density at radius 1 is 1.11 bits per heavy atom. The molecular weight excluding hydrogens is 433 g/mol. The monoisotopic (exact) mass is 454 g/mol. The maximum Gasteiger partial charge on any atom is 2.00 e. The summed E-state index contributed by atoms with van der Waals surface area (Å²) in [5.41, 5.74) is 16.2. The van der Waals surface area contributed by atoms with Gasteiger partial charge in [0.2, 0.25) is 0 Å². The zero-order valence-corrected chi connectivity index (χ0v) is 12.9. The molecule has 1 fully saturated rings. The molecule has 0 spiro atoms. The summed E-state index contributed by atoms with van der Waals surface area (Å²) in [5, 5.41) is 19.6. The van der Waals surface area contributed by atoms with Crippen LogP contribution in [0.2, 0.25) is 0 Å². The Bertz CT molecular complexity index is 269.